The van der Waals surface area contributed by atoms with Crippen LogP contribution in [0.25, 0.3) is 0 Å². The van der Waals surface area contributed by atoms with Gasteiger partial charge in [-0.15, -0.1) is 11.3 Å². The van der Waals surface area contributed by atoms with Crippen molar-refractivity contribution in [3.8, 4) is 0 Å². The Labute approximate surface area is 120 Å². The van der Waals surface area contributed by atoms with Gasteiger partial charge in [0.15, 0.2) is 5.96 Å². The predicted molar refractivity (Wildman–Crippen MR) is 83.7 cm³/mol. The van der Waals surface area contributed by atoms with Crippen molar-refractivity contribution in [3.63, 3.8) is 0 Å². The summed E-state index contributed by atoms with van der Waals surface area (Å²) >= 11 is 1.68. The lowest BCUT2D eigenvalue weighted by Gasteiger charge is -2.11. The molecule has 0 aromatic carbocycles. The molecule has 4 nitrogen and oxygen atoms in total. The number of aryl methyl sites for hydroxylation is 1. The van der Waals surface area contributed by atoms with Crippen molar-refractivity contribution in [2.45, 2.75) is 46.6 Å². The van der Waals surface area contributed by atoms with Crippen LogP contribution in [0, 0.1) is 12.8 Å². The predicted octanol–water partition coefficient (Wildman–Crippen LogP) is 2.94. The number of aliphatic imine (C=N–C) groups is 1. The van der Waals surface area contributed by atoms with Crippen LogP contribution in [0.5, 0.6) is 0 Å². The first kappa shape index (κ1) is 16.0. The second kappa shape index (κ2) is 8.91. The van der Waals surface area contributed by atoms with Gasteiger partial charge in [0.1, 0.15) is 0 Å². The molecule has 0 saturated carbocycles. The fourth-order valence-electron chi connectivity index (χ4n) is 1.76. The van der Waals surface area contributed by atoms with E-state index >= 15 is 0 Å². The van der Waals surface area contributed by atoms with Crippen molar-refractivity contribution in [3.05, 3.63) is 16.1 Å². The summed E-state index contributed by atoms with van der Waals surface area (Å²) in [7, 11) is 1.81. The molecule has 0 fully saturated rings. The van der Waals surface area contributed by atoms with E-state index in [4.69, 9.17) is 0 Å². The maximum absolute atomic E-state index is 4.24. The summed E-state index contributed by atoms with van der Waals surface area (Å²) in [6.45, 7) is 8.35. The van der Waals surface area contributed by atoms with Gasteiger partial charge >= 0.3 is 0 Å². The van der Waals surface area contributed by atoms with Crippen LogP contribution in [-0.2, 0) is 6.54 Å². The Bertz CT molecular complexity index is 385. The minimum absolute atomic E-state index is 0.794. The lowest BCUT2D eigenvalue weighted by molar-refractivity contribution is 0.534. The molecule has 1 heterocycles. The number of thiazole rings is 1. The first-order valence-electron chi connectivity index (χ1n) is 6.97. The van der Waals surface area contributed by atoms with E-state index in [2.05, 4.69) is 34.5 Å². The van der Waals surface area contributed by atoms with E-state index in [1.807, 2.05) is 19.5 Å². The molecule has 5 heteroatoms. The maximum atomic E-state index is 4.24. The van der Waals surface area contributed by atoms with E-state index in [1.165, 1.54) is 24.1 Å². The monoisotopic (exact) mass is 282 g/mol. The third-order valence-corrected chi connectivity index (χ3v) is 3.92. The molecule has 19 heavy (non-hydrogen) atoms. The zero-order valence-corrected chi connectivity index (χ0v) is 13.3. The fraction of sp³-hybridized carbons (Fsp3) is 0.714. The van der Waals surface area contributed by atoms with Gasteiger partial charge < -0.3 is 10.6 Å². The van der Waals surface area contributed by atoms with Crippen LogP contribution in [0.3, 0.4) is 0 Å². The second-order valence-electron chi connectivity index (χ2n) is 5.10. The van der Waals surface area contributed by atoms with Crippen molar-refractivity contribution in [1.82, 2.24) is 15.6 Å². The fourth-order valence-corrected chi connectivity index (χ4v) is 2.48. The molecular formula is C14H26N4S. The van der Waals surface area contributed by atoms with Crippen molar-refractivity contribution < 1.29 is 0 Å². The molecule has 1 rings (SSSR count). The molecule has 0 amide bonds. The van der Waals surface area contributed by atoms with E-state index in [0.29, 0.717) is 0 Å². The highest BCUT2D eigenvalue weighted by atomic mass is 32.1. The highest BCUT2D eigenvalue weighted by molar-refractivity contribution is 7.09. The van der Waals surface area contributed by atoms with Crippen LogP contribution in [0.1, 0.15) is 43.7 Å². The third kappa shape index (κ3) is 6.57. The number of guanidine groups is 1. The van der Waals surface area contributed by atoms with Gasteiger partial charge in [-0.25, -0.2) is 4.98 Å². The second-order valence-corrected chi connectivity index (χ2v) is 6.04. The molecule has 0 spiro atoms. The van der Waals surface area contributed by atoms with E-state index in [1.54, 1.807) is 11.3 Å². The molecule has 0 unspecified atom stereocenters. The Hall–Kier alpha value is -1.10. The minimum Gasteiger partial charge on any atom is -0.356 e. The standard InChI is InChI=1S/C14H26N4S/c1-11(2)7-5-6-8-16-14(15-4)17-9-13-12(3)18-10-19-13/h10-11H,5-9H2,1-4H3,(H2,15,16,17). The molecule has 0 atom stereocenters. The van der Waals surface area contributed by atoms with Crippen LogP contribution in [0.4, 0.5) is 0 Å². The summed E-state index contributed by atoms with van der Waals surface area (Å²) in [5.41, 5.74) is 2.99. The van der Waals surface area contributed by atoms with Crippen LogP contribution < -0.4 is 10.6 Å². The van der Waals surface area contributed by atoms with Gasteiger partial charge in [-0.05, 0) is 19.3 Å². The number of hydrogen-bond acceptors (Lipinski definition) is 3. The molecule has 0 aliphatic heterocycles. The quantitative estimate of drug-likeness (QED) is 0.459. The average Bonchev–Trinajstić information content (AvgIpc) is 2.78. The molecular weight excluding hydrogens is 256 g/mol. The van der Waals surface area contributed by atoms with Gasteiger partial charge in [0.05, 0.1) is 17.7 Å². The highest BCUT2D eigenvalue weighted by Gasteiger charge is 2.02. The number of rotatable bonds is 7. The maximum Gasteiger partial charge on any atom is 0.191 e. The molecule has 0 radical (unpaired) electrons. The van der Waals surface area contributed by atoms with Crippen LogP contribution >= 0.6 is 11.3 Å². The van der Waals surface area contributed by atoms with Crippen LogP contribution in [0.15, 0.2) is 10.5 Å². The Morgan fingerprint density at radius 2 is 2.16 bits per heavy atom. The van der Waals surface area contributed by atoms with Crippen molar-refractivity contribution >= 4 is 17.3 Å². The first-order chi connectivity index (χ1) is 9.13. The number of nitrogens with one attached hydrogen (secondary N) is 2. The van der Waals surface area contributed by atoms with Gasteiger partial charge in [0.2, 0.25) is 0 Å². The number of nitrogens with zero attached hydrogens (tertiary/aromatic N) is 2. The summed E-state index contributed by atoms with van der Waals surface area (Å²) in [5.74, 6) is 1.67. The summed E-state index contributed by atoms with van der Waals surface area (Å²) in [4.78, 5) is 9.74. The molecule has 1 aromatic rings. The number of unbranched alkanes of at least 4 members (excludes halogenated alkanes) is 1. The third-order valence-electron chi connectivity index (χ3n) is 2.99. The molecule has 0 aliphatic rings. The zero-order valence-electron chi connectivity index (χ0n) is 12.5. The van der Waals surface area contributed by atoms with Gasteiger partial charge in [0, 0.05) is 18.5 Å². The van der Waals surface area contributed by atoms with E-state index in [-0.39, 0.29) is 0 Å². The van der Waals surface area contributed by atoms with E-state index in [9.17, 15) is 0 Å². The summed E-state index contributed by atoms with van der Waals surface area (Å²) in [6.07, 6.45) is 3.77. The minimum atomic E-state index is 0.794. The molecule has 0 aliphatic carbocycles. The normalized spacial score (nSPS) is 11.9. The number of aromatic nitrogens is 1. The molecule has 2 N–H and O–H groups in total. The van der Waals surface area contributed by atoms with Crippen molar-refractivity contribution in [2.24, 2.45) is 10.9 Å². The van der Waals surface area contributed by atoms with Gasteiger partial charge in [-0.2, -0.15) is 0 Å². The average molecular weight is 282 g/mol. The van der Waals surface area contributed by atoms with Crippen LogP contribution in [0.2, 0.25) is 0 Å². The van der Waals surface area contributed by atoms with Crippen LogP contribution in [-0.4, -0.2) is 24.5 Å². The molecule has 0 bridgehead atoms. The zero-order chi connectivity index (χ0) is 14.1. The Morgan fingerprint density at radius 1 is 1.37 bits per heavy atom. The number of hydrogen-bond donors (Lipinski definition) is 2. The molecule has 1 aromatic heterocycles. The Kier molecular flexibility index (Phi) is 7.48. The summed E-state index contributed by atoms with van der Waals surface area (Å²) < 4.78 is 0. The lowest BCUT2D eigenvalue weighted by atomic mass is 10.1. The van der Waals surface area contributed by atoms with Crippen molar-refractivity contribution in [2.75, 3.05) is 13.6 Å². The Morgan fingerprint density at radius 3 is 2.74 bits per heavy atom. The highest BCUT2D eigenvalue weighted by Crippen LogP contribution is 2.11. The lowest BCUT2D eigenvalue weighted by Crippen LogP contribution is -2.37. The largest absolute Gasteiger partial charge is 0.356 e. The SMILES string of the molecule is CN=C(NCCCCC(C)C)NCc1scnc1C. The summed E-state index contributed by atoms with van der Waals surface area (Å²) in [5, 5.41) is 6.67. The molecule has 0 saturated heterocycles. The first-order valence-corrected chi connectivity index (χ1v) is 7.85. The summed E-state index contributed by atoms with van der Waals surface area (Å²) in [6, 6.07) is 0. The van der Waals surface area contributed by atoms with Crippen molar-refractivity contribution in [1.29, 1.82) is 0 Å². The van der Waals surface area contributed by atoms with E-state index in [0.717, 1.165) is 30.7 Å². The van der Waals surface area contributed by atoms with E-state index < -0.39 is 0 Å². The van der Waals surface area contributed by atoms with Gasteiger partial charge in [-0.3, -0.25) is 4.99 Å². The van der Waals surface area contributed by atoms with Gasteiger partial charge in [0.25, 0.3) is 0 Å². The topological polar surface area (TPSA) is 49.3 Å². The molecule has 108 valence electrons. The van der Waals surface area contributed by atoms with Gasteiger partial charge in [-0.1, -0.05) is 26.7 Å². The smallest absolute Gasteiger partial charge is 0.191 e. The Balaban J connectivity index is 2.18.